The smallest absolute Gasteiger partial charge is 0.161 e. The van der Waals surface area contributed by atoms with E-state index in [1.54, 1.807) is 0 Å². The van der Waals surface area contributed by atoms with Crippen LogP contribution in [0, 0.1) is 0 Å². The number of fused-ring (bicyclic) bond motifs is 10. The SMILES string of the molecule is CC1(C)c2ccccc2-c2cc3c4ccc5c6cccc(-c7cccc(C8=IC(c9ccccc9)=NC(c9ccccc9)=N8)c7)c6oc5c4n(-c4ccccc4)c3cc21. The number of amidine groups is 1. The Kier molecular flexibility index (Phi) is 7.66. The zero-order valence-corrected chi connectivity index (χ0v) is 34.6. The van der Waals surface area contributed by atoms with Crippen molar-refractivity contribution in [2.45, 2.75) is 19.3 Å². The van der Waals surface area contributed by atoms with Crippen LogP contribution in [0.1, 0.15) is 41.7 Å². The fourth-order valence-corrected chi connectivity index (χ4v) is 11.8. The fraction of sp³-hybridized carbons (Fsp3) is 0.0556. The Morgan fingerprint density at radius 1 is 0.475 bits per heavy atom. The van der Waals surface area contributed by atoms with Crippen LogP contribution in [0.2, 0.25) is 0 Å². The second-order valence-electron chi connectivity index (χ2n) is 15.9. The zero-order valence-electron chi connectivity index (χ0n) is 32.4. The molecule has 1 aliphatic heterocycles. The van der Waals surface area contributed by atoms with Gasteiger partial charge in [0, 0.05) is 54.9 Å². The Hall–Kier alpha value is -6.70. The third-order valence-electron chi connectivity index (χ3n) is 12.2. The summed E-state index contributed by atoms with van der Waals surface area (Å²) >= 11 is -0.655. The molecule has 5 heteroatoms. The first-order valence-corrected chi connectivity index (χ1v) is 22.2. The van der Waals surface area contributed by atoms with Crippen LogP contribution in [0.5, 0.6) is 0 Å². The van der Waals surface area contributed by atoms with Gasteiger partial charge in [-0.25, -0.2) is 9.98 Å². The first-order valence-electron chi connectivity index (χ1n) is 20.0. The highest BCUT2D eigenvalue weighted by Crippen LogP contribution is 2.52. The molecule has 280 valence electrons. The number of rotatable bonds is 5. The average molecular weight is 870 g/mol. The lowest BCUT2D eigenvalue weighted by Gasteiger charge is -2.21. The molecule has 4 nitrogen and oxygen atoms in total. The van der Waals surface area contributed by atoms with Crippen LogP contribution in [-0.4, -0.2) is 17.8 Å². The van der Waals surface area contributed by atoms with Crippen LogP contribution < -0.4 is 0 Å². The number of hydrogen-bond donors (Lipinski definition) is 0. The minimum atomic E-state index is -0.655. The molecule has 0 spiro atoms. The van der Waals surface area contributed by atoms with Crippen molar-refractivity contribution in [3.63, 3.8) is 0 Å². The highest BCUT2D eigenvalue weighted by molar-refractivity contribution is 14.2. The molecule has 0 unspecified atom stereocenters. The summed E-state index contributed by atoms with van der Waals surface area (Å²) in [7, 11) is 0. The summed E-state index contributed by atoms with van der Waals surface area (Å²) in [6.45, 7) is 4.71. The van der Waals surface area contributed by atoms with Gasteiger partial charge in [0.05, 0.1) is 11.0 Å². The molecule has 0 atom stereocenters. The molecule has 3 heterocycles. The van der Waals surface area contributed by atoms with E-state index in [0.29, 0.717) is 0 Å². The topological polar surface area (TPSA) is 42.8 Å². The van der Waals surface area contributed by atoms with Crippen molar-refractivity contribution in [3.8, 4) is 27.9 Å². The molecule has 10 aromatic rings. The summed E-state index contributed by atoms with van der Waals surface area (Å²) in [4.78, 5) is 10.4. The van der Waals surface area contributed by atoms with Crippen molar-refractivity contribution in [1.29, 1.82) is 0 Å². The molecule has 1 aliphatic carbocycles. The van der Waals surface area contributed by atoms with Crippen molar-refractivity contribution >= 4 is 77.7 Å². The molecule has 0 fully saturated rings. The molecule has 0 saturated carbocycles. The molecule has 0 bridgehead atoms. The standard InChI is InChI=1S/C54H36IN3O/c1-54(2)45-27-13-12-24-39(45)43-31-44-40-28-29-42-41-26-15-25-38(49(41)59-50(42)48(40)58(47(44)32-46(43)54)37-22-10-5-11-23-37)35-20-14-21-36(30-35)52-55-51(33-16-6-3-7-17-33)56-53(57-52)34-18-8-4-9-19-34/h3-32H,1-2H3. The van der Waals surface area contributed by atoms with E-state index < -0.39 is 20.7 Å². The second kappa shape index (κ2) is 13.2. The van der Waals surface area contributed by atoms with Gasteiger partial charge in [-0.3, -0.25) is 0 Å². The van der Waals surface area contributed by atoms with E-state index in [-0.39, 0.29) is 5.41 Å². The predicted molar refractivity (Wildman–Crippen MR) is 255 cm³/mol. The molecule has 0 radical (unpaired) electrons. The molecule has 0 amide bonds. The van der Waals surface area contributed by atoms with E-state index in [0.717, 1.165) is 74.1 Å². The molecule has 59 heavy (non-hydrogen) atoms. The third-order valence-corrected chi connectivity index (χ3v) is 14.9. The number of furan rings is 1. The van der Waals surface area contributed by atoms with Gasteiger partial charge in [-0.2, -0.15) is 0 Å². The van der Waals surface area contributed by atoms with E-state index >= 15 is 0 Å². The van der Waals surface area contributed by atoms with E-state index in [4.69, 9.17) is 14.4 Å². The number of para-hydroxylation sites is 2. The lowest BCUT2D eigenvalue weighted by atomic mass is 9.82. The summed E-state index contributed by atoms with van der Waals surface area (Å²) in [6, 6.07) is 65.3. The number of benzene rings is 8. The number of halogens is 1. The Morgan fingerprint density at radius 3 is 1.93 bits per heavy atom. The van der Waals surface area contributed by atoms with Crippen molar-refractivity contribution in [2.24, 2.45) is 9.98 Å². The lowest BCUT2D eigenvalue weighted by Crippen LogP contribution is -2.14. The molecule has 8 aromatic carbocycles. The number of aliphatic imine (C=N–C) groups is 2. The quantitative estimate of drug-likeness (QED) is 0.159. The van der Waals surface area contributed by atoms with Crippen LogP contribution in [0.4, 0.5) is 0 Å². The van der Waals surface area contributed by atoms with Crippen molar-refractivity contribution in [1.82, 2.24) is 4.57 Å². The molecular formula is C54H36IN3O. The van der Waals surface area contributed by atoms with Crippen LogP contribution in [0.3, 0.4) is 0 Å². The summed E-state index contributed by atoms with van der Waals surface area (Å²) < 4.78 is 11.9. The Morgan fingerprint density at radius 2 is 1.12 bits per heavy atom. The predicted octanol–water partition coefficient (Wildman–Crippen LogP) is 14.0. The zero-order chi connectivity index (χ0) is 39.2. The van der Waals surface area contributed by atoms with Crippen molar-refractivity contribution in [3.05, 3.63) is 210 Å². The monoisotopic (exact) mass is 869 g/mol. The maximum absolute atomic E-state index is 7.21. The highest BCUT2D eigenvalue weighted by Gasteiger charge is 2.36. The van der Waals surface area contributed by atoms with Crippen LogP contribution in [0.15, 0.2) is 196 Å². The number of nitrogens with zero attached hydrogens (tertiary/aromatic N) is 3. The Labute approximate surface area is 351 Å². The third kappa shape index (κ3) is 5.31. The van der Waals surface area contributed by atoms with E-state index in [1.807, 2.05) is 18.2 Å². The normalized spacial score (nSPS) is 14.5. The maximum Gasteiger partial charge on any atom is 0.161 e. The van der Waals surface area contributed by atoms with Gasteiger partial charge in [0.1, 0.15) is 12.9 Å². The van der Waals surface area contributed by atoms with Gasteiger partial charge in [0.15, 0.2) is 11.4 Å². The van der Waals surface area contributed by atoms with Crippen molar-refractivity contribution in [2.75, 3.05) is 0 Å². The minimum Gasteiger partial charge on any atom is -0.453 e. The van der Waals surface area contributed by atoms with Gasteiger partial charge in [-0.05, 0) is 84.9 Å². The van der Waals surface area contributed by atoms with Gasteiger partial charge in [-0.15, -0.1) is 0 Å². The first-order chi connectivity index (χ1) is 29.0. The van der Waals surface area contributed by atoms with Crippen LogP contribution in [0.25, 0.3) is 71.7 Å². The maximum atomic E-state index is 7.21. The van der Waals surface area contributed by atoms with Gasteiger partial charge >= 0.3 is 0 Å². The second-order valence-corrected chi connectivity index (χ2v) is 18.5. The van der Waals surface area contributed by atoms with E-state index in [9.17, 15) is 0 Å². The molecule has 2 aromatic heterocycles. The van der Waals surface area contributed by atoms with Gasteiger partial charge in [0.25, 0.3) is 0 Å². The summed E-state index contributed by atoms with van der Waals surface area (Å²) in [6.07, 6.45) is 0. The molecule has 0 N–H and O–H groups in total. The van der Waals surface area contributed by atoms with E-state index in [1.165, 1.54) is 38.5 Å². The van der Waals surface area contributed by atoms with Crippen LogP contribution in [-0.2, 0) is 5.41 Å². The molecule has 2 aliphatic rings. The summed E-state index contributed by atoms with van der Waals surface area (Å²) in [5, 5.41) is 4.63. The summed E-state index contributed by atoms with van der Waals surface area (Å²) in [5.74, 6) is 0.756. The van der Waals surface area contributed by atoms with E-state index in [2.05, 4.69) is 182 Å². The first kappa shape index (κ1) is 34.4. The van der Waals surface area contributed by atoms with Gasteiger partial charge < -0.3 is 8.98 Å². The number of aromatic nitrogens is 1. The number of hydrogen-bond acceptors (Lipinski definition) is 3. The fourth-order valence-electron chi connectivity index (χ4n) is 9.30. The average Bonchev–Trinajstić information content (AvgIpc) is 3.92. The van der Waals surface area contributed by atoms with Crippen LogP contribution >= 0.6 is 20.7 Å². The summed E-state index contributed by atoms with van der Waals surface area (Å²) in [5.41, 5.74) is 15.9. The molecule has 12 rings (SSSR count). The highest BCUT2D eigenvalue weighted by atomic mass is 127. The molecular weight excluding hydrogens is 834 g/mol. The largest absolute Gasteiger partial charge is 0.453 e. The van der Waals surface area contributed by atoms with Crippen molar-refractivity contribution < 1.29 is 4.42 Å². The Balaban J connectivity index is 1.06. The molecule has 0 saturated heterocycles. The Bertz CT molecular complexity index is 3400. The lowest BCUT2D eigenvalue weighted by molar-refractivity contribution is 0.661. The minimum absolute atomic E-state index is 0.113. The van der Waals surface area contributed by atoms with Gasteiger partial charge in [-0.1, -0.05) is 159 Å². The van der Waals surface area contributed by atoms with Gasteiger partial charge in [0.2, 0.25) is 0 Å².